The van der Waals surface area contributed by atoms with Gasteiger partial charge in [-0.15, -0.1) is 10.2 Å². The SMILES string of the molecule is Cc1cc(NC(=O)Cn2nnc(-c3ccccc3)n2)ccc1Oc1cccnc1. The molecule has 0 saturated heterocycles. The smallest absolute Gasteiger partial charge is 0.248 e. The number of nitrogens with zero attached hydrogens (tertiary/aromatic N) is 5. The summed E-state index contributed by atoms with van der Waals surface area (Å²) < 4.78 is 5.80. The first kappa shape index (κ1) is 18.3. The van der Waals surface area contributed by atoms with Gasteiger partial charge < -0.3 is 10.1 Å². The normalized spacial score (nSPS) is 10.5. The summed E-state index contributed by atoms with van der Waals surface area (Å²) in [6, 6.07) is 18.5. The van der Waals surface area contributed by atoms with Gasteiger partial charge in [-0.05, 0) is 48.0 Å². The summed E-state index contributed by atoms with van der Waals surface area (Å²) in [6.07, 6.45) is 3.33. The first-order valence-corrected chi connectivity index (χ1v) is 8.99. The van der Waals surface area contributed by atoms with Crippen LogP contribution in [0.4, 0.5) is 5.69 Å². The van der Waals surface area contributed by atoms with E-state index < -0.39 is 0 Å². The van der Waals surface area contributed by atoms with Crippen LogP contribution in [0.15, 0.2) is 73.1 Å². The van der Waals surface area contributed by atoms with E-state index in [-0.39, 0.29) is 12.5 Å². The van der Waals surface area contributed by atoms with Gasteiger partial charge in [-0.1, -0.05) is 30.3 Å². The number of hydrogen-bond donors (Lipinski definition) is 1. The monoisotopic (exact) mass is 386 g/mol. The van der Waals surface area contributed by atoms with Gasteiger partial charge in [0.2, 0.25) is 11.7 Å². The lowest BCUT2D eigenvalue weighted by Gasteiger charge is -2.11. The summed E-state index contributed by atoms with van der Waals surface area (Å²) >= 11 is 0. The number of aromatic nitrogens is 5. The zero-order valence-corrected chi connectivity index (χ0v) is 15.7. The molecule has 2 aromatic heterocycles. The van der Waals surface area contributed by atoms with Crippen molar-refractivity contribution in [3.05, 3.63) is 78.6 Å². The fourth-order valence-corrected chi connectivity index (χ4v) is 2.72. The largest absolute Gasteiger partial charge is 0.455 e. The Balaban J connectivity index is 1.38. The molecule has 0 bridgehead atoms. The Morgan fingerprint density at radius 1 is 1.10 bits per heavy atom. The molecule has 29 heavy (non-hydrogen) atoms. The molecule has 2 heterocycles. The molecule has 4 rings (SSSR count). The maximum absolute atomic E-state index is 12.3. The summed E-state index contributed by atoms with van der Waals surface area (Å²) in [4.78, 5) is 17.6. The number of amides is 1. The maximum atomic E-state index is 12.3. The van der Waals surface area contributed by atoms with Gasteiger partial charge in [0.25, 0.3) is 0 Å². The minimum absolute atomic E-state index is 0.0349. The van der Waals surface area contributed by atoms with E-state index in [1.807, 2.05) is 49.4 Å². The molecular weight excluding hydrogens is 368 g/mol. The Morgan fingerprint density at radius 3 is 2.72 bits per heavy atom. The third-order valence-electron chi connectivity index (χ3n) is 4.09. The molecule has 0 atom stereocenters. The quantitative estimate of drug-likeness (QED) is 0.545. The fraction of sp³-hybridized carbons (Fsp3) is 0.0952. The minimum atomic E-state index is -0.248. The Hall–Kier alpha value is -4.07. The van der Waals surface area contributed by atoms with Crippen molar-refractivity contribution in [1.82, 2.24) is 25.2 Å². The highest BCUT2D eigenvalue weighted by atomic mass is 16.5. The number of benzene rings is 2. The predicted molar refractivity (Wildman–Crippen MR) is 107 cm³/mol. The van der Waals surface area contributed by atoms with Gasteiger partial charge in [0.05, 0.1) is 6.20 Å². The molecule has 0 fully saturated rings. The summed E-state index contributed by atoms with van der Waals surface area (Å²) in [6.45, 7) is 1.87. The number of aryl methyl sites for hydroxylation is 1. The van der Waals surface area contributed by atoms with Crippen molar-refractivity contribution in [2.75, 3.05) is 5.32 Å². The van der Waals surface area contributed by atoms with E-state index in [4.69, 9.17) is 4.74 Å². The van der Waals surface area contributed by atoms with Crippen LogP contribution in [-0.2, 0) is 11.3 Å². The second kappa shape index (κ2) is 8.30. The Kier molecular flexibility index (Phi) is 5.24. The first-order valence-electron chi connectivity index (χ1n) is 8.99. The van der Waals surface area contributed by atoms with Crippen LogP contribution in [0.3, 0.4) is 0 Å². The molecule has 0 aliphatic carbocycles. The van der Waals surface area contributed by atoms with Crippen LogP contribution in [0.25, 0.3) is 11.4 Å². The highest BCUT2D eigenvalue weighted by molar-refractivity contribution is 5.90. The number of carbonyl (C=O) groups is 1. The summed E-state index contributed by atoms with van der Waals surface area (Å²) in [7, 11) is 0. The van der Waals surface area contributed by atoms with Gasteiger partial charge in [-0.3, -0.25) is 9.78 Å². The Labute approximate surface area is 167 Å². The van der Waals surface area contributed by atoms with Crippen molar-refractivity contribution in [1.29, 1.82) is 0 Å². The molecule has 8 nitrogen and oxygen atoms in total. The van der Waals surface area contributed by atoms with Gasteiger partial charge in [-0.2, -0.15) is 4.80 Å². The van der Waals surface area contributed by atoms with E-state index >= 15 is 0 Å². The van der Waals surface area contributed by atoms with E-state index in [2.05, 4.69) is 25.7 Å². The molecule has 0 aliphatic heterocycles. The van der Waals surface area contributed by atoms with Gasteiger partial charge in [-0.25, -0.2) is 0 Å². The highest BCUT2D eigenvalue weighted by Crippen LogP contribution is 2.26. The molecule has 2 aromatic carbocycles. The highest BCUT2D eigenvalue weighted by Gasteiger charge is 2.10. The van der Waals surface area contributed by atoms with Crippen molar-refractivity contribution < 1.29 is 9.53 Å². The summed E-state index contributed by atoms with van der Waals surface area (Å²) in [5.41, 5.74) is 2.39. The third kappa shape index (κ3) is 4.62. The molecule has 8 heteroatoms. The van der Waals surface area contributed by atoms with Crippen LogP contribution in [0.1, 0.15) is 5.56 Å². The van der Waals surface area contributed by atoms with Gasteiger partial charge >= 0.3 is 0 Å². The van der Waals surface area contributed by atoms with Crippen LogP contribution < -0.4 is 10.1 Å². The molecule has 1 N–H and O–H groups in total. The second-order valence-electron chi connectivity index (χ2n) is 6.33. The van der Waals surface area contributed by atoms with E-state index in [0.29, 0.717) is 23.0 Å². The lowest BCUT2D eigenvalue weighted by molar-refractivity contribution is -0.117. The van der Waals surface area contributed by atoms with Crippen LogP contribution >= 0.6 is 0 Å². The zero-order valence-electron chi connectivity index (χ0n) is 15.7. The van der Waals surface area contributed by atoms with Crippen molar-refractivity contribution in [2.24, 2.45) is 0 Å². The van der Waals surface area contributed by atoms with Crippen LogP contribution in [0, 0.1) is 6.92 Å². The molecule has 0 unspecified atom stereocenters. The molecule has 0 radical (unpaired) electrons. The molecular formula is C21H18N6O2. The lowest BCUT2D eigenvalue weighted by Crippen LogP contribution is -2.20. The van der Waals surface area contributed by atoms with E-state index in [1.54, 1.807) is 30.6 Å². The number of ether oxygens (including phenoxy) is 1. The van der Waals surface area contributed by atoms with Crippen molar-refractivity contribution in [2.45, 2.75) is 13.5 Å². The predicted octanol–water partition coefficient (Wildman–Crippen LogP) is 3.47. The number of pyridine rings is 1. The first-order chi connectivity index (χ1) is 14.2. The summed E-state index contributed by atoms with van der Waals surface area (Å²) in [5, 5.41) is 15.0. The molecule has 144 valence electrons. The molecule has 0 saturated carbocycles. The van der Waals surface area contributed by atoms with Crippen molar-refractivity contribution in [3.8, 4) is 22.9 Å². The van der Waals surface area contributed by atoms with E-state index in [0.717, 1.165) is 11.1 Å². The van der Waals surface area contributed by atoms with Crippen LogP contribution in [-0.4, -0.2) is 31.1 Å². The van der Waals surface area contributed by atoms with Crippen molar-refractivity contribution >= 4 is 11.6 Å². The number of anilines is 1. The third-order valence-corrected chi connectivity index (χ3v) is 4.09. The lowest BCUT2D eigenvalue weighted by atomic mass is 10.2. The average Bonchev–Trinajstić information content (AvgIpc) is 3.20. The molecule has 4 aromatic rings. The number of carbonyl (C=O) groups excluding carboxylic acids is 1. The maximum Gasteiger partial charge on any atom is 0.248 e. The van der Waals surface area contributed by atoms with Crippen LogP contribution in [0.5, 0.6) is 11.5 Å². The number of nitrogens with one attached hydrogen (secondary N) is 1. The molecule has 0 spiro atoms. The number of hydrogen-bond acceptors (Lipinski definition) is 6. The van der Waals surface area contributed by atoms with E-state index in [9.17, 15) is 4.79 Å². The summed E-state index contributed by atoms with van der Waals surface area (Å²) in [5.74, 6) is 1.58. The fourth-order valence-electron chi connectivity index (χ4n) is 2.72. The topological polar surface area (TPSA) is 94.8 Å². The number of tetrazole rings is 1. The van der Waals surface area contributed by atoms with Gasteiger partial charge in [0, 0.05) is 17.4 Å². The Morgan fingerprint density at radius 2 is 1.97 bits per heavy atom. The zero-order chi connectivity index (χ0) is 20.1. The second-order valence-corrected chi connectivity index (χ2v) is 6.33. The Bertz CT molecular complexity index is 1110. The minimum Gasteiger partial charge on any atom is -0.455 e. The van der Waals surface area contributed by atoms with E-state index in [1.165, 1.54) is 4.80 Å². The average molecular weight is 386 g/mol. The van der Waals surface area contributed by atoms with Crippen LogP contribution in [0.2, 0.25) is 0 Å². The standard InChI is InChI=1S/C21H18N6O2/c1-15-12-17(9-10-19(15)29-18-8-5-11-22-13-18)23-20(28)14-27-25-21(24-26-27)16-6-3-2-4-7-16/h2-13H,14H2,1H3,(H,23,28). The molecule has 0 aliphatic rings. The van der Waals surface area contributed by atoms with Gasteiger partial charge in [0.15, 0.2) is 0 Å². The molecule has 1 amide bonds. The van der Waals surface area contributed by atoms with Crippen molar-refractivity contribution in [3.63, 3.8) is 0 Å². The number of rotatable bonds is 6. The van der Waals surface area contributed by atoms with Gasteiger partial charge in [0.1, 0.15) is 18.0 Å².